The van der Waals surface area contributed by atoms with Crippen LogP contribution in [0.3, 0.4) is 0 Å². The summed E-state index contributed by atoms with van der Waals surface area (Å²) < 4.78 is 5.67. The summed E-state index contributed by atoms with van der Waals surface area (Å²) >= 11 is 0. The average Bonchev–Trinajstić information content (AvgIpc) is 2.71. The third kappa shape index (κ3) is 2.25. The predicted molar refractivity (Wildman–Crippen MR) is 71.6 cm³/mol. The average molecular weight is 214 g/mol. The SMILES string of the molecule is C=C/C=c1\c(=C/C)oc2ccccc12.CC. The van der Waals surface area contributed by atoms with Crippen LogP contribution < -0.4 is 10.6 Å². The van der Waals surface area contributed by atoms with Crippen molar-refractivity contribution in [2.24, 2.45) is 0 Å². The van der Waals surface area contributed by atoms with Crippen LogP contribution in [0.4, 0.5) is 0 Å². The van der Waals surface area contributed by atoms with Crippen LogP contribution in [0.25, 0.3) is 23.1 Å². The molecule has 0 fully saturated rings. The smallest absolute Gasteiger partial charge is 0.135 e. The van der Waals surface area contributed by atoms with Crippen LogP contribution >= 0.6 is 0 Å². The first-order chi connectivity index (χ1) is 7.86. The van der Waals surface area contributed by atoms with Gasteiger partial charge in [-0.15, -0.1) is 0 Å². The van der Waals surface area contributed by atoms with E-state index in [9.17, 15) is 0 Å². The Morgan fingerprint density at radius 3 is 2.50 bits per heavy atom. The minimum absolute atomic E-state index is 0.908. The van der Waals surface area contributed by atoms with Crippen molar-refractivity contribution >= 4 is 23.1 Å². The van der Waals surface area contributed by atoms with Crippen molar-refractivity contribution < 1.29 is 4.42 Å². The number of rotatable bonds is 1. The molecule has 0 N–H and O–H groups in total. The first-order valence-electron chi connectivity index (χ1n) is 5.63. The van der Waals surface area contributed by atoms with E-state index >= 15 is 0 Å². The molecule has 2 aromatic rings. The second-order valence-electron chi connectivity index (χ2n) is 3.07. The summed E-state index contributed by atoms with van der Waals surface area (Å²) in [5.74, 6) is 0. The van der Waals surface area contributed by atoms with Gasteiger partial charge in [0, 0.05) is 10.6 Å². The summed E-state index contributed by atoms with van der Waals surface area (Å²) in [4.78, 5) is 0. The fraction of sp³-hybridized carbons (Fsp3) is 0.200. The molecule has 0 aliphatic heterocycles. The molecule has 16 heavy (non-hydrogen) atoms. The Balaban J connectivity index is 0.000000606. The highest BCUT2D eigenvalue weighted by Gasteiger charge is 1.99. The van der Waals surface area contributed by atoms with E-state index in [2.05, 4.69) is 12.6 Å². The molecule has 1 aromatic carbocycles. The monoisotopic (exact) mass is 214 g/mol. The van der Waals surface area contributed by atoms with Gasteiger partial charge in [-0.25, -0.2) is 0 Å². The summed E-state index contributed by atoms with van der Waals surface area (Å²) in [5, 5.41) is 2.25. The standard InChI is InChI=1S/C13H12O.C2H6/c1-3-7-10-11-8-5-6-9-13(11)14-12(10)4-2;1-2/h3-9H,1H2,2H3;1-2H3/b10-7-,12-4+;. The Labute approximate surface area is 96.4 Å². The van der Waals surface area contributed by atoms with Gasteiger partial charge in [-0.3, -0.25) is 0 Å². The van der Waals surface area contributed by atoms with Crippen LogP contribution in [0.1, 0.15) is 20.8 Å². The van der Waals surface area contributed by atoms with Crippen LogP contribution in [0.5, 0.6) is 0 Å². The number of benzene rings is 1. The maximum atomic E-state index is 5.67. The molecule has 1 aromatic heterocycles. The van der Waals surface area contributed by atoms with Crippen molar-refractivity contribution in [2.75, 3.05) is 0 Å². The van der Waals surface area contributed by atoms with Crippen LogP contribution in [-0.2, 0) is 0 Å². The van der Waals surface area contributed by atoms with Gasteiger partial charge in [-0.1, -0.05) is 50.8 Å². The molecule has 0 bridgehead atoms. The van der Waals surface area contributed by atoms with Crippen molar-refractivity contribution in [3.63, 3.8) is 0 Å². The van der Waals surface area contributed by atoms with Crippen molar-refractivity contribution in [2.45, 2.75) is 20.8 Å². The number of fused-ring (bicyclic) bond motifs is 1. The molecule has 0 spiro atoms. The van der Waals surface area contributed by atoms with E-state index < -0.39 is 0 Å². The largest absolute Gasteiger partial charge is 0.456 e. The number of allylic oxidation sites excluding steroid dienone is 1. The first-order valence-corrected chi connectivity index (χ1v) is 5.63. The Hall–Kier alpha value is -1.76. The number of furan rings is 1. The third-order valence-corrected chi connectivity index (χ3v) is 2.21. The molecule has 2 rings (SSSR count). The minimum atomic E-state index is 0.908. The molecule has 0 saturated heterocycles. The Morgan fingerprint density at radius 1 is 1.19 bits per heavy atom. The highest BCUT2D eigenvalue weighted by Crippen LogP contribution is 2.06. The topological polar surface area (TPSA) is 13.1 Å². The Bertz CT molecular complexity index is 573. The number of hydrogen-bond acceptors (Lipinski definition) is 1. The number of hydrogen-bond donors (Lipinski definition) is 0. The van der Waals surface area contributed by atoms with Crippen LogP contribution in [-0.4, -0.2) is 0 Å². The summed E-state index contributed by atoms with van der Waals surface area (Å²) in [7, 11) is 0. The molecular weight excluding hydrogens is 196 g/mol. The normalized spacial score (nSPS) is 12.4. The lowest BCUT2D eigenvalue weighted by Gasteiger charge is -1.83. The summed E-state index contributed by atoms with van der Waals surface area (Å²) in [5.41, 5.74) is 1.83. The van der Waals surface area contributed by atoms with Crippen molar-refractivity contribution in [1.29, 1.82) is 0 Å². The molecule has 84 valence electrons. The third-order valence-electron chi connectivity index (χ3n) is 2.21. The van der Waals surface area contributed by atoms with E-state index in [1.54, 1.807) is 6.08 Å². The summed E-state index contributed by atoms with van der Waals surface area (Å²) in [6.45, 7) is 9.68. The van der Waals surface area contributed by atoms with E-state index in [4.69, 9.17) is 4.42 Å². The number of para-hydroxylation sites is 1. The van der Waals surface area contributed by atoms with Crippen LogP contribution in [0.2, 0.25) is 0 Å². The molecule has 0 radical (unpaired) electrons. The maximum absolute atomic E-state index is 5.67. The van der Waals surface area contributed by atoms with Gasteiger partial charge in [0.15, 0.2) is 0 Å². The summed E-state index contributed by atoms with van der Waals surface area (Å²) in [6.07, 6.45) is 5.72. The quantitative estimate of drug-likeness (QED) is 0.710. The van der Waals surface area contributed by atoms with Gasteiger partial charge in [0.05, 0.1) is 0 Å². The molecule has 1 heteroatoms. The second kappa shape index (κ2) is 5.96. The van der Waals surface area contributed by atoms with Crippen molar-refractivity contribution in [3.8, 4) is 0 Å². The Kier molecular flexibility index (Phi) is 4.59. The molecule has 0 saturated carbocycles. The van der Waals surface area contributed by atoms with Crippen molar-refractivity contribution in [1.82, 2.24) is 0 Å². The van der Waals surface area contributed by atoms with E-state index in [0.29, 0.717) is 0 Å². The predicted octanol–water partition coefficient (Wildman–Crippen LogP) is 3.23. The highest BCUT2D eigenvalue weighted by molar-refractivity contribution is 5.79. The molecule has 0 aliphatic rings. The lowest BCUT2D eigenvalue weighted by atomic mass is 10.2. The molecule has 0 amide bonds. The highest BCUT2D eigenvalue weighted by atomic mass is 16.3. The first kappa shape index (κ1) is 12.3. The molecule has 1 heterocycles. The molecule has 0 aliphatic carbocycles. The lowest BCUT2D eigenvalue weighted by Crippen LogP contribution is -2.18. The molecule has 0 unspecified atom stereocenters. The van der Waals surface area contributed by atoms with Gasteiger partial charge in [-0.2, -0.15) is 0 Å². The van der Waals surface area contributed by atoms with Crippen LogP contribution in [0.15, 0.2) is 41.3 Å². The zero-order chi connectivity index (χ0) is 12.0. The van der Waals surface area contributed by atoms with Gasteiger partial charge in [0.2, 0.25) is 0 Å². The molecule has 0 atom stereocenters. The zero-order valence-electron chi connectivity index (χ0n) is 10.2. The van der Waals surface area contributed by atoms with Crippen LogP contribution in [0, 0.1) is 0 Å². The van der Waals surface area contributed by atoms with E-state index in [0.717, 1.165) is 21.6 Å². The van der Waals surface area contributed by atoms with Gasteiger partial charge >= 0.3 is 0 Å². The lowest BCUT2D eigenvalue weighted by molar-refractivity contribution is 0.575. The van der Waals surface area contributed by atoms with Gasteiger partial charge < -0.3 is 4.42 Å². The fourth-order valence-corrected chi connectivity index (χ4v) is 1.59. The second-order valence-corrected chi connectivity index (χ2v) is 3.07. The van der Waals surface area contributed by atoms with Crippen molar-refractivity contribution in [3.05, 3.63) is 47.6 Å². The van der Waals surface area contributed by atoms with E-state index in [-0.39, 0.29) is 0 Å². The summed E-state index contributed by atoms with van der Waals surface area (Å²) in [6, 6.07) is 8.02. The zero-order valence-corrected chi connectivity index (χ0v) is 10.2. The van der Waals surface area contributed by atoms with Gasteiger partial charge in [0.1, 0.15) is 11.0 Å². The molecule has 1 nitrogen and oxygen atoms in total. The minimum Gasteiger partial charge on any atom is -0.456 e. The van der Waals surface area contributed by atoms with Gasteiger partial charge in [-0.05, 0) is 19.1 Å². The molecular formula is C15H18O. The van der Waals surface area contributed by atoms with Gasteiger partial charge in [0.25, 0.3) is 0 Å². The fourth-order valence-electron chi connectivity index (χ4n) is 1.59. The maximum Gasteiger partial charge on any atom is 0.135 e. The van der Waals surface area contributed by atoms with E-state index in [1.807, 2.05) is 51.1 Å². The van der Waals surface area contributed by atoms with E-state index in [1.165, 1.54) is 0 Å². The Morgan fingerprint density at radius 2 is 1.88 bits per heavy atom.